The van der Waals surface area contributed by atoms with Crippen molar-refractivity contribution < 1.29 is 14.3 Å². The van der Waals surface area contributed by atoms with Crippen LogP contribution in [-0.4, -0.2) is 38.4 Å². The van der Waals surface area contributed by atoms with Crippen molar-refractivity contribution in [3.8, 4) is 5.75 Å². The summed E-state index contributed by atoms with van der Waals surface area (Å²) in [5.74, 6) is 1.42. The van der Waals surface area contributed by atoms with Crippen molar-refractivity contribution in [3.05, 3.63) is 58.7 Å². The summed E-state index contributed by atoms with van der Waals surface area (Å²) in [5, 5.41) is 3.50. The first-order chi connectivity index (χ1) is 15.7. The molecule has 170 valence electrons. The predicted octanol–water partition coefficient (Wildman–Crippen LogP) is 4.50. The second-order valence-electron chi connectivity index (χ2n) is 8.84. The Balaban J connectivity index is 1.18. The molecule has 5 nitrogen and oxygen atoms in total. The average molecular weight is 435 g/mol. The highest BCUT2D eigenvalue weighted by atomic mass is 16.5. The molecule has 0 unspecified atom stereocenters. The van der Waals surface area contributed by atoms with Gasteiger partial charge < -0.3 is 15.0 Å². The third kappa shape index (κ3) is 5.21. The fourth-order valence-electron chi connectivity index (χ4n) is 4.93. The minimum absolute atomic E-state index is 0.231. The number of amides is 1. The number of ketones is 1. The number of hydrogen-bond acceptors (Lipinski definition) is 4. The van der Waals surface area contributed by atoms with Crippen molar-refractivity contribution >= 4 is 17.4 Å². The van der Waals surface area contributed by atoms with Gasteiger partial charge in [-0.25, -0.2) is 0 Å². The summed E-state index contributed by atoms with van der Waals surface area (Å²) in [6, 6.07) is 12.2. The van der Waals surface area contributed by atoms with Gasteiger partial charge in [-0.2, -0.15) is 0 Å². The Bertz CT molecular complexity index is 952. The number of para-hydroxylation sites is 1. The average Bonchev–Trinajstić information content (AvgIpc) is 2.83. The molecule has 2 aromatic rings. The van der Waals surface area contributed by atoms with E-state index in [4.69, 9.17) is 4.74 Å². The fourth-order valence-corrected chi connectivity index (χ4v) is 4.93. The van der Waals surface area contributed by atoms with Crippen molar-refractivity contribution in [1.82, 2.24) is 5.32 Å². The van der Waals surface area contributed by atoms with Crippen LogP contribution in [0.25, 0.3) is 0 Å². The van der Waals surface area contributed by atoms with E-state index >= 15 is 0 Å². The van der Waals surface area contributed by atoms with Crippen LogP contribution >= 0.6 is 0 Å². The Morgan fingerprint density at radius 2 is 1.84 bits per heavy atom. The number of methoxy groups -OCH3 is 1. The minimum atomic E-state index is 0.231. The van der Waals surface area contributed by atoms with Gasteiger partial charge in [-0.05, 0) is 86.5 Å². The molecule has 0 spiro atoms. The summed E-state index contributed by atoms with van der Waals surface area (Å²) >= 11 is 0. The van der Waals surface area contributed by atoms with E-state index in [2.05, 4.69) is 11.4 Å². The van der Waals surface area contributed by atoms with Gasteiger partial charge in [0.25, 0.3) is 0 Å². The zero-order valence-corrected chi connectivity index (χ0v) is 19.1. The molecule has 2 aliphatic heterocycles. The summed E-state index contributed by atoms with van der Waals surface area (Å²) in [4.78, 5) is 27.0. The number of unbranched alkanes of at least 4 members (excludes halogenated alkanes) is 2. The number of anilines is 1. The molecule has 0 bridgehead atoms. The molecule has 1 N–H and O–H groups in total. The van der Waals surface area contributed by atoms with Crippen molar-refractivity contribution in [2.45, 2.75) is 57.8 Å². The van der Waals surface area contributed by atoms with Gasteiger partial charge >= 0.3 is 0 Å². The lowest BCUT2D eigenvalue weighted by molar-refractivity contribution is -0.119. The smallest absolute Gasteiger partial charge is 0.227 e. The first-order valence-electron chi connectivity index (χ1n) is 12.0. The van der Waals surface area contributed by atoms with Gasteiger partial charge in [0.15, 0.2) is 5.78 Å². The van der Waals surface area contributed by atoms with E-state index in [1.807, 2.05) is 35.2 Å². The van der Waals surface area contributed by atoms with Crippen molar-refractivity contribution in [3.63, 3.8) is 0 Å². The predicted molar refractivity (Wildman–Crippen MR) is 128 cm³/mol. The summed E-state index contributed by atoms with van der Waals surface area (Å²) < 4.78 is 5.40. The standard InChI is InChI=1S/C27H34N2O3/c1-32-25-11-5-4-8-20(25)14-16-28-15-6-2-3-10-24(30)23-18-21-9-7-17-29-26(31)13-12-22(19-23)27(21)29/h4-5,8,11,18-19,28H,2-3,6-7,9-10,12-17H2,1H3. The van der Waals surface area contributed by atoms with E-state index in [0.29, 0.717) is 12.8 Å². The third-order valence-electron chi connectivity index (χ3n) is 6.62. The largest absolute Gasteiger partial charge is 0.496 e. The zero-order valence-electron chi connectivity index (χ0n) is 19.1. The summed E-state index contributed by atoms with van der Waals surface area (Å²) in [6.45, 7) is 2.71. The van der Waals surface area contributed by atoms with Crippen LogP contribution in [0.3, 0.4) is 0 Å². The first-order valence-corrected chi connectivity index (χ1v) is 12.0. The van der Waals surface area contributed by atoms with Crippen LogP contribution in [0.5, 0.6) is 5.75 Å². The van der Waals surface area contributed by atoms with Crippen LogP contribution in [-0.2, 0) is 24.1 Å². The number of nitrogens with one attached hydrogen (secondary N) is 1. The Labute approximate surface area is 191 Å². The van der Waals surface area contributed by atoms with Crippen LogP contribution in [0.1, 0.15) is 65.6 Å². The maximum absolute atomic E-state index is 12.8. The monoisotopic (exact) mass is 434 g/mol. The van der Waals surface area contributed by atoms with E-state index in [9.17, 15) is 9.59 Å². The van der Waals surface area contributed by atoms with Gasteiger partial charge in [-0.3, -0.25) is 9.59 Å². The number of nitrogens with zero attached hydrogens (tertiary/aromatic N) is 1. The van der Waals surface area contributed by atoms with E-state index in [-0.39, 0.29) is 11.7 Å². The highest BCUT2D eigenvalue weighted by molar-refractivity contribution is 6.01. The number of carbonyl (C=O) groups is 2. The molecule has 2 heterocycles. The Morgan fingerprint density at radius 3 is 2.69 bits per heavy atom. The van der Waals surface area contributed by atoms with Gasteiger partial charge in [0, 0.05) is 24.9 Å². The molecular formula is C27H34N2O3. The first kappa shape index (κ1) is 22.5. The highest BCUT2D eigenvalue weighted by Gasteiger charge is 2.30. The SMILES string of the molecule is COc1ccccc1CCNCCCCCC(=O)c1cc2c3c(c1)CCC(=O)N3CCC2. The quantitative estimate of drug-likeness (QED) is 0.418. The lowest BCUT2D eigenvalue weighted by Crippen LogP contribution is -2.39. The molecule has 0 fully saturated rings. The topological polar surface area (TPSA) is 58.6 Å². The maximum Gasteiger partial charge on any atom is 0.227 e. The normalized spacial score (nSPS) is 14.9. The molecular weight excluding hydrogens is 400 g/mol. The van der Waals surface area contributed by atoms with E-state index < -0.39 is 0 Å². The van der Waals surface area contributed by atoms with Crippen LogP contribution < -0.4 is 15.0 Å². The molecule has 4 rings (SSSR count). The molecule has 0 aliphatic carbocycles. The van der Waals surface area contributed by atoms with Gasteiger partial charge in [0.2, 0.25) is 5.91 Å². The van der Waals surface area contributed by atoms with E-state index in [0.717, 1.165) is 81.6 Å². The molecule has 0 radical (unpaired) electrons. The van der Waals surface area contributed by atoms with Crippen LogP contribution in [0.2, 0.25) is 0 Å². The van der Waals surface area contributed by atoms with Crippen molar-refractivity contribution in [1.29, 1.82) is 0 Å². The second-order valence-corrected chi connectivity index (χ2v) is 8.84. The van der Waals surface area contributed by atoms with Gasteiger partial charge in [-0.1, -0.05) is 24.6 Å². The van der Waals surface area contributed by atoms with Crippen LogP contribution in [0.15, 0.2) is 36.4 Å². The third-order valence-corrected chi connectivity index (χ3v) is 6.62. The van der Waals surface area contributed by atoms with Crippen molar-refractivity contribution in [2.24, 2.45) is 0 Å². The molecule has 2 aliphatic rings. The molecule has 5 heteroatoms. The van der Waals surface area contributed by atoms with E-state index in [1.54, 1.807) is 7.11 Å². The summed E-state index contributed by atoms with van der Waals surface area (Å²) in [6.07, 6.45) is 7.87. The molecule has 1 amide bonds. The molecule has 0 saturated heterocycles. The summed E-state index contributed by atoms with van der Waals surface area (Å²) in [7, 11) is 1.71. The minimum Gasteiger partial charge on any atom is -0.496 e. The highest BCUT2D eigenvalue weighted by Crippen LogP contribution is 2.36. The van der Waals surface area contributed by atoms with Crippen LogP contribution in [0.4, 0.5) is 5.69 Å². The fraction of sp³-hybridized carbons (Fsp3) is 0.481. The molecule has 0 saturated carbocycles. The Hall–Kier alpha value is -2.66. The molecule has 0 aromatic heterocycles. The van der Waals surface area contributed by atoms with E-state index in [1.165, 1.54) is 16.7 Å². The lowest BCUT2D eigenvalue weighted by atomic mass is 9.88. The van der Waals surface area contributed by atoms with Crippen LogP contribution in [0, 0.1) is 0 Å². The van der Waals surface area contributed by atoms with Gasteiger partial charge in [0.1, 0.15) is 5.75 Å². The number of aryl methyl sites for hydroxylation is 2. The maximum atomic E-state index is 12.8. The Morgan fingerprint density at radius 1 is 1.03 bits per heavy atom. The Kier molecular flexibility index (Phi) is 7.59. The molecule has 2 aromatic carbocycles. The number of hydrogen-bond donors (Lipinski definition) is 1. The molecule has 32 heavy (non-hydrogen) atoms. The van der Waals surface area contributed by atoms with Crippen molar-refractivity contribution in [2.75, 3.05) is 31.6 Å². The number of Topliss-reactive ketones (excluding diaryl/α,β-unsaturated/α-hetero) is 1. The number of carbonyl (C=O) groups excluding carboxylic acids is 2. The van der Waals surface area contributed by atoms with Gasteiger partial charge in [-0.15, -0.1) is 0 Å². The lowest BCUT2D eigenvalue weighted by Gasteiger charge is -2.35. The molecule has 0 atom stereocenters. The van der Waals surface area contributed by atoms with Gasteiger partial charge in [0.05, 0.1) is 12.8 Å². The number of rotatable bonds is 11. The second kappa shape index (κ2) is 10.8. The number of ether oxygens (including phenoxy) is 1. The zero-order chi connectivity index (χ0) is 22.3. The summed E-state index contributed by atoms with van der Waals surface area (Å²) in [5.41, 5.74) is 5.53. The number of benzene rings is 2.